The average molecular weight is 542 g/mol. The molecule has 0 spiro atoms. The van der Waals surface area contributed by atoms with Gasteiger partial charge in [0.25, 0.3) is 0 Å². The third-order valence-electron chi connectivity index (χ3n) is 5.75. The lowest BCUT2D eigenvalue weighted by molar-refractivity contribution is 0.369. The highest BCUT2D eigenvalue weighted by Gasteiger charge is 2.21. The van der Waals surface area contributed by atoms with E-state index in [9.17, 15) is 0 Å². The first kappa shape index (κ1) is 24.0. The van der Waals surface area contributed by atoms with Crippen molar-refractivity contribution in [2.24, 2.45) is 4.99 Å². The molecule has 0 amide bonds. The molecule has 3 aromatic rings. The van der Waals surface area contributed by atoms with E-state index in [0.717, 1.165) is 51.1 Å². The number of benzene rings is 2. The van der Waals surface area contributed by atoms with Crippen LogP contribution in [0.5, 0.6) is 0 Å². The summed E-state index contributed by atoms with van der Waals surface area (Å²) in [6, 6.07) is 23.4. The number of rotatable bonds is 6. The van der Waals surface area contributed by atoms with Crippen molar-refractivity contribution in [3.8, 4) is 0 Å². The molecule has 0 atom stereocenters. The van der Waals surface area contributed by atoms with Crippen molar-refractivity contribution in [1.29, 1.82) is 0 Å². The van der Waals surface area contributed by atoms with Crippen molar-refractivity contribution in [2.45, 2.75) is 12.3 Å². The van der Waals surface area contributed by atoms with Gasteiger partial charge in [0.2, 0.25) is 5.95 Å². The van der Waals surface area contributed by atoms with Crippen LogP contribution in [0, 0.1) is 0 Å². The molecule has 1 aliphatic rings. The number of aliphatic imine (C=N–C) groups is 1. The predicted molar refractivity (Wildman–Crippen MR) is 142 cm³/mol. The fourth-order valence-corrected chi connectivity index (χ4v) is 4.13. The van der Waals surface area contributed by atoms with E-state index in [1.54, 1.807) is 12.4 Å². The minimum Gasteiger partial charge on any atom is -0.356 e. The standard InChI is InChI=1S/C25H30N6.HI/c1-26-24(30-17-19-31(20-18-30)25-27-14-8-15-28-25)29-16-13-23(21-9-4-2-5-10-21)22-11-6-3-7-12-22;/h2-12,14-15,23H,13,16-20H2,1H3,(H,26,29);1H. The Morgan fingerprint density at radius 1 is 0.875 bits per heavy atom. The van der Waals surface area contributed by atoms with Gasteiger partial charge in [0.1, 0.15) is 0 Å². The summed E-state index contributed by atoms with van der Waals surface area (Å²) >= 11 is 0. The average Bonchev–Trinajstić information content (AvgIpc) is 2.86. The zero-order valence-corrected chi connectivity index (χ0v) is 20.8. The molecule has 7 heteroatoms. The normalized spacial score (nSPS) is 14.2. The van der Waals surface area contributed by atoms with Gasteiger partial charge < -0.3 is 15.1 Å². The molecule has 2 heterocycles. The topological polar surface area (TPSA) is 56.7 Å². The summed E-state index contributed by atoms with van der Waals surface area (Å²) in [5, 5.41) is 3.59. The summed E-state index contributed by atoms with van der Waals surface area (Å²) in [7, 11) is 1.86. The van der Waals surface area contributed by atoms with E-state index in [0.29, 0.717) is 5.92 Å². The summed E-state index contributed by atoms with van der Waals surface area (Å²) in [6.45, 7) is 4.45. The fourth-order valence-electron chi connectivity index (χ4n) is 4.13. The third kappa shape index (κ3) is 6.18. The van der Waals surface area contributed by atoms with E-state index in [1.165, 1.54) is 11.1 Å². The lowest BCUT2D eigenvalue weighted by atomic mass is 9.88. The van der Waals surface area contributed by atoms with Crippen molar-refractivity contribution >= 4 is 35.9 Å². The molecule has 4 rings (SSSR count). The van der Waals surface area contributed by atoms with Gasteiger partial charge in [-0.3, -0.25) is 4.99 Å². The van der Waals surface area contributed by atoms with E-state index < -0.39 is 0 Å². The first-order valence-corrected chi connectivity index (χ1v) is 10.9. The van der Waals surface area contributed by atoms with Crippen LogP contribution < -0.4 is 10.2 Å². The SMILES string of the molecule is CN=C(NCCC(c1ccccc1)c1ccccc1)N1CCN(c2ncccn2)CC1.I. The highest BCUT2D eigenvalue weighted by Crippen LogP contribution is 2.27. The van der Waals surface area contributed by atoms with Crippen molar-refractivity contribution in [3.05, 3.63) is 90.3 Å². The third-order valence-corrected chi connectivity index (χ3v) is 5.75. The van der Waals surface area contributed by atoms with Crippen LogP contribution >= 0.6 is 24.0 Å². The molecule has 1 saturated heterocycles. The lowest BCUT2D eigenvalue weighted by Crippen LogP contribution is -2.53. The highest BCUT2D eigenvalue weighted by atomic mass is 127. The van der Waals surface area contributed by atoms with E-state index in [2.05, 4.69) is 90.7 Å². The number of guanidine groups is 1. The molecular formula is C25H31IN6. The molecule has 1 fully saturated rings. The maximum atomic E-state index is 4.53. The molecule has 32 heavy (non-hydrogen) atoms. The van der Waals surface area contributed by atoms with Crippen LogP contribution in [0.2, 0.25) is 0 Å². The van der Waals surface area contributed by atoms with Crippen LogP contribution in [0.4, 0.5) is 5.95 Å². The van der Waals surface area contributed by atoms with Crippen LogP contribution in [-0.2, 0) is 0 Å². The van der Waals surface area contributed by atoms with Gasteiger partial charge in [0, 0.05) is 58.1 Å². The Kier molecular flexibility index (Phi) is 9.27. The minimum atomic E-state index is 0. The Labute approximate surface area is 207 Å². The summed E-state index contributed by atoms with van der Waals surface area (Å²) in [4.78, 5) is 17.8. The molecule has 1 aromatic heterocycles. The maximum absolute atomic E-state index is 4.53. The van der Waals surface area contributed by atoms with Crippen LogP contribution in [0.3, 0.4) is 0 Å². The Hall–Kier alpha value is -2.68. The van der Waals surface area contributed by atoms with Crippen molar-refractivity contribution in [1.82, 2.24) is 20.2 Å². The van der Waals surface area contributed by atoms with Gasteiger partial charge in [0.05, 0.1) is 0 Å². The number of hydrogen-bond acceptors (Lipinski definition) is 4. The number of hydrogen-bond donors (Lipinski definition) is 1. The van der Waals surface area contributed by atoms with Gasteiger partial charge in [-0.1, -0.05) is 60.7 Å². The number of nitrogens with one attached hydrogen (secondary N) is 1. The van der Waals surface area contributed by atoms with Crippen LogP contribution in [0.1, 0.15) is 23.5 Å². The highest BCUT2D eigenvalue weighted by molar-refractivity contribution is 14.0. The van der Waals surface area contributed by atoms with Crippen LogP contribution in [0.25, 0.3) is 0 Å². The Morgan fingerprint density at radius 2 is 1.44 bits per heavy atom. The first-order valence-electron chi connectivity index (χ1n) is 10.9. The first-order chi connectivity index (χ1) is 15.3. The number of nitrogens with zero attached hydrogens (tertiary/aromatic N) is 5. The summed E-state index contributed by atoms with van der Waals surface area (Å²) in [5.41, 5.74) is 2.70. The molecule has 1 aliphatic heterocycles. The Bertz CT molecular complexity index is 904. The van der Waals surface area contributed by atoms with Crippen molar-refractivity contribution in [2.75, 3.05) is 44.7 Å². The Balaban J connectivity index is 0.00000289. The van der Waals surface area contributed by atoms with Gasteiger partial charge in [0.15, 0.2) is 5.96 Å². The van der Waals surface area contributed by atoms with Crippen LogP contribution in [0.15, 0.2) is 84.1 Å². The number of halogens is 1. The van der Waals surface area contributed by atoms with Gasteiger partial charge in [-0.2, -0.15) is 0 Å². The van der Waals surface area contributed by atoms with Gasteiger partial charge >= 0.3 is 0 Å². The van der Waals surface area contributed by atoms with Gasteiger partial charge in [-0.25, -0.2) is 9.97 Å². The molecule has 1 N–H and O–H groups in total. The van der Waals surface area contributed by atoms with Gasteiger partial charge in [-0.15, -0.1) is 24.0 Å². The quantitative estimate of drug-likeness (QED) is 0.290. The van der Waals surface area contributed by atoms with E-state index in [4.69, 9.17) is 0 Å². The Morgan fingerprint density at radius 3 is 1.97 bits per heavy atom. The molecule has 6 nitrogen and oxygen atoms in total. The monoisotopic (exact) mass is 542 g/mol. The van der Waals surface area contributed by atoms with Crippen molar-refractivity contribution in [3.63, 3.8) is 0 Å². The molecule has 0 bridgehead atoms. The minimum absolute atomic E-state index is 0. The summed E-state index contributed by atoms with van der Waals surface area (Å²) < 4.78 is 0. The molecule has 0 aliphatic carbocycles. The number of piperazine rings is 1. The summed E-state index contributed by atoms with van der Waals surface area (Å²) in [6.07, 6.45) is 4.60. The fraction of sp³-hybridized carbons (Fsp3) is 0.320. The largest absolute Gasteiger partial charge is 0.356 e. The zero-order valence-electron chi connectivity index (χ0n) is 18.5. The lowest BCUT2D eigenvalue weighted by Gasteiger charge is -2.36. The molecular weight excluding hydrogens is 511 g/mol. The number of anilines is 1. The molecule has 0 radical (unpaired) electrons. The number of aromatic nitrogens is 2. The summed E-state index contributed by atoms with van der Waals surface area (Å²) in [5.74, 6) is 2.13. The van der Waals surface area contributed by atoms with E-state index >= 15 is 0 Å². The van der Waals surface area contributed by atoms with E-state index in [-0.39, 0.29) is 24.0 Å². The second-order valence-electron chi connectivity index (χ2n) is 7.66. The van der Waals surface area contributed by atoms with Crippen LogP contribution in [-0.4, -0.2) is 60.6 Å². The second kappa shape index (κ2) is 12.4. The predicted octanol–water partition coefficient (Wildman–Crippen LogP) is 4.01. The molecule has 2 aromatic carbocycles. The smallest absolute Gasteiger partial charge is 0.225 e. The van der Waals surface area contributed by atoms with Gasteiger partial charge in [-0.05, 0) is 23.6 Å². The molecule has 0 unspecified atom stereocenters. The second-order valence-corrected chi connectivity index (χ2v) is 7.66. The molecule has 0 saturated carbocycles. The van der Waals surface area contributed by atoms with Crippen molar-refractivity contribution < 1.29 is 0 Å². The zero-order chi connectivity index (χ0) is 21.3. The maximum Gasteiger partial charge on any atom is 0.225 e. The van der Waals surface area contributed by atoms with E-state index in [1.807, 2.05) is 13.1 Å². The molecule has 168 valence electrons.